The maximum atomic E-state index is 14.3. The fourth-order valence-electron chi connectivity index (χ4n) is 6.39. The molecule has 3 saturated heterocycles. The van der Waals surface area contributed by atoms with Gasteiger partial charge in [-0.3, -0.25) is 0 Å². The number of amides is 2. The fraction of sp³-hybridized carbons (Fsp3) is 0.500. The number of allylic oxidation sites excluding steroid dienone is 1. The molecule has 3 fully saturated rings. The molecule has 4 aliphatic heterocycles. The first-order chi connectivity index (χ1) is 17.3. The molecule has 2 amide bonds. The van der Waals surface area contributed by atoms with Crippen LogP contribution in [-0.2, 0) is 33.3 Å². The van der Waals surface area contributed by atoms with Crippen LogP contribution in [-0.4, -0.2) is 105 Å². The molecule has 12 heteroatoms. The Morgan fingerprint density at radius 2 is 1.89 bits per heavy atom. The van der Waals surface area contributed by atoms with Crippen molar-refractivity contribution in [3.05, 3.63) is 41.6 Å². The monoisotopic (exact) mass is 563 g/mol. The maximum absolute atomic E-state index is 14.3. The zero-order valence-electron chi connectivity index (χ0n) is 19.7. The molecule has 0 bridgehead atoms. The predicted molar refractivity (Wildman–Crippen MR) is 123 cm³/mol. The Morgan fingerprint density at radius 1 is 1.19 bits per heavy atom. The zero-order chi connectivity index (χ0) is 25.4. The Bertz CT molecular complexity index is 1200. The third-order valence-electron chi connectivity index (χ3n) is 7.69. The van der Waals surface area contributed by atoms with Gasteiger partial charge in [0, 0.05) is 0 Å². The second-order valence-corrected chi connectivity index (χ2v) is 11.8. The van der Waals surface area contributed by atoms with E-state index in [1.807, 2.05) is 30.3 Å². The summed E-state index contributed by atoms with van der Waals surface area (Å²) in [5, 5.41) is 0. The summed E-state index contributed by atoms with van der Waals surface area (Å²) >= 11 is -0.484. The van der Waals surface area contributed by atoms with Crippen LogP contribution in [0.25, 0.3) is 0 Å². The first-order valence-electron chi connectivity index (χ1n) is 11.6. The van der Waals surface area contributed by atoms with E-state index in [0.717, 1.165) is 4.46 Å². The molecule has 6 rings (SSSR count). The number of hydrogen-bond acceptors (Lipinski definition) is 9. The molecular weight excluding hydrogens is 537 g/mol. The molecule has 2 N–H and O–H groups in total. The van der Waals surface area contributed by atoms with E-state index in [2.05, 4.69) is 0 Å². The van der Waals surface area contributed by atoms with Gasteiger partial charge >= 0.3 is 213 Å². The van der Waals surface area contributed by atoms with Crippen LogP contribution < -0.4 is 10.2 Å². The van der Waals surface area contributed by atoms with E-state index >= 15 is 0 Å². The van der Waals surface area contributed by atoms with Crippen LogP contribution in [0, 0.1) is 5.92 Å². The number of ketones is 2. The van der Waals surface area contributed by atoms with Crippen molar-refractivity contribution in [3.63, 3.8) is 0 Å². The van der Waals surface area contributed by atoms with Crippen LogP contribution in [0.4, 0.5) is 4.79 Å². The third kappa shape index (κ3) is 2.96. The van der Waals surface area contributed by atoms with Crippen LogP contribution in [0.3, 0.4) is 0 Å². The van der Waals surface area contributed by atoms with Crippen molar-refractivity contribution in [2.24, 2.45) is 11.7 Å². The van der Waals surface area contributed by atoms with E-state index in [1.165, 1.54) is 14.0 Å². The topological polar surface area (TPSA) is 137 Å². The van der Waals surface area contributed by atoms with E-state index < -0.39 is 55.1 Å². The van der Waals surface area contributed by atoms with Gasteiger partial charge in [0.1, 0.15) is 0 Å². The molecule has 190 valence electrons. The van der Waals surface area contributed by atoms with E-state index in [-0.39, 0.29) is 48.8 Å². The molecule has 1 aromatic rings. The second kappa shape index (κ2) is 8.12. The molecule has 0 saturated carbocycles. The van der Waals surface area contributed by atoms with Gasteiger partial charge in [0.15, 0.2) is 0 Å². The summed E-state index contributed by atoms with van der Waals surface area (Å²) in [6.07, 6.45) is -1.02. The van der Waals surface area contributed by atoms with E-state index in [1.54, 1.807) is 9.80 Å². The summed E-state index contributed by atoms with van der Waals surface area (Å²) in [6.45, 7) is 1.84. The third-order valence-corrected chi connectivity index (χ3v) is 10.4. The summed E-state index contributed by atoms with van der Waals surface area (Å²) < 4.78 is 24.1. The van der Waals surface area contributed by atoms with Crippen molar-refractivity contribution in [2.75, 3.05) is 33.5 Å². The van der Waals surface area contributed by atoms with Crippen molar-refractivity contribution < 1.29 is 38.1 Å². The molecule has 0 radical (unpaired) electrons. The number of methoxy groups -OCH3 is 1. The van der Waals surface area contributed by atoms with Gasteiger partial charge in [0.05, 0.1) is 0 Å². The number of hydrogen-bond donors (Lipinski definition) is 1. The van der Waals surface area contributed by atoms with Crippen LogP contribution >= 0.6 is 0 Å². The van der Waals surface area contributed by atoms with Crippen molar-refractivity contribution in [2.45, 2.75) is 35.3 Å². The van der Waals surface area contributed by atoms with Crippen LogP contribution in [0.5, 0.6) is 0 Å². The molecule has 1 aliphatic carbocycles. The number of fused-ring (bicyclic) bond motifs is 4. The average Bonchev–Trinajstić information content (AvgIpc) is 3.15. The summed E-state index contributed by atoms with van der Waals surface area (Å²) in [4.78, 5) is 55.0. The number of piperazine rings is 1. The molecule has 11 nitrogen and oxygen atoms in total. The van der Waals surface area contributed by atoms with Crippen LogP contribution in [0.15, 0.2) is 41.6 Å². The molecule has 1 aromatic carbocycles. The summed E-state index contributed by atoms with van der Waals surface area (Å²) in [5.41, 5.74) is 4.41. The van der Waals surface area contributed by atoms with E-state index in [0.29, 0.717) is 6.54 Å². The number of nitrogens with two attached hydrogens (primary N) is 1. The van der Waals surface area contributed by atoms with Gasteiger partial charge in [-0.25, -0.2) is 0 Å². The van der Waals surface area contributed by atoms with Crippen LogP contribution in [0.1, 0.15) is 6.92 Å². The van der Waals surface area contributed by atoms with Gasteiger partial charge in [-0.1, -0.05) is 0 Å². The Labute approximate surface area is 213 Å². The number of carbonyl (C=O) groups excluding carboxylic acids is 4. The molecule has 4 heterocycles. The van der Waals surface area contributed by atoms with Gasteiger partial charge in [0.2, 0.25) is 0 Å². The normalized spacial score (nSPS) is 33.6. The van der Waals surface area contributed by atoms with Gasteiger partial charge in [0.25, 0.3) is 0 Å². The Morgan fingerprint density at radius 3 is 2.50 bits per heavy atom. The number of nitrogens with zero attached hydrogens (tertiary/aromatic N) is 2. The van der Waals surface area contributed by atoms with Crippen molar-refractivity contribution in [3.8, 4) is 0 Å². The number of ether oxygens (including phenoxy) is 4. The number of Topliss-reactive ketones (excluding diaryl/α,β-unsaturated/α-hetero) is 2. The first kappa shape index (κ1) is 23.6. The Kier molecular flexibility index (Phi) is 5.33. The SMILES string of the molecule is CO[C@@]12[C@H](COC(N)=O)C3=C(C(=O)C([Se]c4ccccc4)C4(OCCO4)C3=O)N1C[C@H]1[C@@H]2N1C(C)=O. The number of benzene rings is 1. The van der Waals surface area contributed by atoms with Crippen molar-refractivity contribution in [1.29, 1.82) is 0 Å². The van der Waals surface area contributed by atoms with E-state index in [9.17, 15) is 19.2 Å². The molecule has 1 spiro atoms. The number of carbonyl (C=O) groups is 4. The van der Waals surface area contributed by atoms with Gasteiger partial charge in [-0.2, -0.15) is 0 Å². The van der Waals surface area contributed by atoms with Crippen molar-refractivity contribution >= 4 is 43.0 Å². The quantitative estimate of drug-likeness (QED) is 0.352. The van der Waals surface area contributed by atoms with Crippen molar-refractivity contribution in [1.82, 2.24) is 9.80 Å². The standard InChI is InChI=1S/C24H25N3O8Se/c1-12(28)27-15-10-26-17-16(14(11-33-22(25)31)23(26,32-2)19(15)27)20(30)24(34-8-9-35-24)21(18(17)29)36-13-6-4-3-5-7-13/h3-7,14-15,19,21H,8-11H2,1-2H3,(H2,25,31)/t14-,15+,19+,21?,23-,27?/m1/s1. The molecular formula is C24H25N3O8Se. The number of primary amides is 1. The minimum atomic E-state index is -1.76. The molecule has 5 atom stereocenters. The molecule has 5 aliphatic rings. The number of rotatable bonds is 5. The van der Waals surface area contributed by atoms with E-state index in [4.69, 9.17) is 24.7 Å². The van der Waals surface area contributed by atoms with Gasteiger partial charge in [-0.05, 0) is 0 Å². The first-order valence-corrected chi connectivity index (χ1v) is 13.5. The minimum absolute atomic E-state index is 0.137. The summed E-state index contributed by atoms with van der Waals surface area (Å²) in [6, 6.07) is 8.89. The van der Waals surface area contributed by atoms with Gasteiger partial charge in [-0.15, -0.1) is 0 Å². The van der Waals surface area contributed by atoms with Gasteiger partial charge < -0.3 is 0 Å². The average molecular weight is 562 g/mol. The molecule has 1 unspecified atom stereocenters. The zero-order valence-corrected chi connectivity index (χ0v) is 21.4. The summed E-state index contributed by atoms with van der Waals surface area (Å²) in [5.74, 6) is -3.49. The second-order valence-electron chi connectivity index (χ2n) is 9.32. The van der Waals surface area contributed by atoms with Crippen LogP contribution in [0.2, 0.25) is 4.82 Å². The summed E-state index contributed by atoms with van der Waals surface area (Å²) in [7, 11) is 1.47. The Balaban J connectivity index is 1.48. The molecule has 0 aromatic heterocycles. The fourth-order valence-corrected chi connectivity index (χ4v) is 8.92. The molecule has 36 heavy (non-hydrogen) atoms. The predicted octanol–water partition coefficient (Wildman–Crippen LogP) is -1.06. The Hall–Kier alpha value is -2.76.